The molecule has 1 N–H and O–H groups in total. The van der Waals surface area contributed by atoms with E-state index >= 15 is 0 Å². The summed E-state index contributed by atoms with van der Waals surface area (Å²) in [6.45, 7) is 4.13. The number of hydrazone groups is 1. The molecule has 0 saturated heterocycles. The van der Waals surface area contributed by atoms with Crippen LogP contribution in [0.15, 0.2) is 70.2 Å². The fourth-order valence-electron chi connectivity index (χ4n) is 2.83. The molecule has 1 aromatic heterocycles. The van der Waals surface area contributed by atoms with Gasteiger partial charge in [0, 0.05) is 17.7 Å². The van der Waals surface area contributed by atoms with Crippen LogP contribution in [0.2, 0.25) is 0 Å². The second-order valence-corrected chi connectivity index (χ2v) is 6.97. The molecule has 3 rings (SSSR count). The van der Waals surface area contributed by atoms with E-state index in [1.807, 2.05) is 24.3 Å². The van der Waals surface area contributed by atoms with Crippen molar-refractivity contribution in [3.05, 3.63) is 82.1 Å². The molecule has 3 aromatic rings. The average molecular weight is 421 g/mol. The Balaban J connectivity index is 1.50. The number of nitro groups is 1. The topological polar surface area (TPSA) is 107 Å². The van der Waals surface area contributed by atoms with Crippen LogP contribution in [-0.2, 0) is 4.79 Å². The summed E-state index contributed by atoms with van der Waals surface area (Å²) in [7, 11) is 0. The Morgan fingerprint density at radius 1 is 1.23 bits per heavy atom. The van der Waals surface area contributed by atoms with Gasteiger partial charge >= 0.3 is 0 Å². The molecule has 0 bridgehead atoms. The lowest BCUT2D eigenvalue weighted by atomic mass is 9.99. The van der Waals surface area contributed by atoms with Crippen molar-refractivity contribution in [2.75, 3.05) is 6.61 Å². The molecule has 0 saturated carbocycles. The lowest BCUT2D eigenvalue weighted by Gasteiger charge is -2.10. The van der Waals surface area contributed by atoms with Gasteiger partial charge in [-0.25, -0.2) is 5.43 Å². The van der Waals surface area contributed by atoms with Crippen molar-refractivity contribution >= 4 is 17.8 Å². The van der Waals surface area contributed by atoms with E-state index in [-0.39, 0.29) is 12.3 Å². The molecule has 2 aromatic carbocycles. The number of hydrogen-bond donors (Lipinski definition) is 1. The number of rotatable bonds is 9. The Kier molecular flexibility index (Phi) is 7.16. The maximum absolute atomic E-state index is 11.9. The minimum absolute atomic E-state index is 0.0223. The summed E-state index contributed by atoms with van der Waals surface area (Å²) in [6, 6.07) is 17.1. The summed E-state index contributed by atoms with van der Waals surface area (Å²) in [5.74, 6) is 1.53. The standard InChI is InChI=1S/C23H23N3O5/c1-3-16(2)17-7-9-20(10-8-17)30-15-23(27)25-24-14-21-11-12-22(31-21)18-5-4-6-19(13-18)26(28)29/h4-14,16H,3,15H2,1-2H3,(H,25,27)/b24-14-. The summed E-state index contributed by atoms with van der Waals surface area (Å²) in [6.07, 6.45) is 2.41. The van der Waals surface area contributed by atoms with Gasteiger partial charge in [0.15, 0.2) is 6.61 Å². The first-order valence-electron chi connectivity index (χ1n) is 9.85. The zero-order valence-electron chi connectivity index (χ0n) is 17.3. The third-order valence-corrected chi connectivity index (χ3v) is 4.78. The third kappa shape index (κ3) is 6.02. The molecule has 0 fully saturated rings. The van der Waals surface area contributed by atoms with Crippen molar-refractivity contribution in [3.8, 4) is 17.1 Å². The van der Waals surface area contributed by atoms with Gasteiger partial charge in [0.25, 0.3) is 11.6 Å². The highest BCUT2D eigenvalue weighted by molar-refractivity contribution is 5.81. The molecule has 0 aliphatic heterocycles. The number of nitro benzene ring substituents is 1. The van der Waals surface area contributed by atoms with Crippen molar-refractivity contribution in [1.29, 1.82) is 0 Å². The summed E-state index contributed by atoms with van der Waals surface area (Å²) < 4.78 is 11.1. The maximum Gasteiger partial charge on any atom is 0.277 e. The minimum atomic E-state index is -0.466. The number of ether oxygens (including phenoxy) is 1. The molecular formula is C23H23N3O5. The van der Waals surface area contributed by atoms with Crippen LogP contribution >= 0.6 is 0 Å². The van der Waals surface area contributed by atoms with Crippen LogP contribution in [0, 0.1) is 10.1 Å². The number of benzene rings is 2. The van der Waals surface area contributed by atoms with Gasteiger partial charge < -0.3 is 9.15 Å². The largest absolute Gasteiger partial charge is 0.484 e. The Hall–Kier alpha value is -3.94. The van der Waals surface area contributed by atoms with Crippen LogP contribution in [0.4, 0.5) is 5.69 Å². The fraction of sp³-hybridized carbons (Fsp3) is 0.217. The van der Waals surface area contributed by atoms with E-state index < -0.39 is 10.8 Å². The Bertz CT molecular complexity index is 1070. The zero-order chi connectivity index (χ0) is 22.2. The lowest BCUT2D eigenvalue weighted by molar-refractivity contribution is -0.384. The number of carbonyl (C=O) groups is 1. The van der Waals surface area contributed by atoms with Crippen molar-refractivity contribution in [2.45, 2.75) is 26.2 Å². The lowest BCUT2D eigenvalue weighted by Crippen LogP contribution is -2.24. The molecule has 160 valence electrons. The highest BCUT2D eigenvalue weighted by atomic mass is 16.6. The van der Waals surface area contributed by atoms with Gasteiger partial charge in [-0.05, 0) is 42.2 Å². The molecule has 1 atom stereocenters. The highest BCUT2D eigenvalue weighted by Gasteiger charge is 2.10. The summed E-state index contributed by atoms with van der Waals surface area (Å²) >= 11 is 0. The quantitative estimate of drug-likeness (QED) is 0.300. The van der Waals surface area contributed by atoms with Gasteiger partial charge in [0.2, 0.25) is 0 Å². The Morgan fingerprint density at radius 3 is 2.71 bits per heavy atom. The first kappa shape index (κ1) is 21.8. The van der Waals surface area contributed by atoms with E-state index in [9.17, 15) is 14.9 Å². The first-order chi connectivity index (χ1) is 15.0. The number of nitrogens with one attached hydrogen (secondary N) is 1. The molecule has 0 aliphatic carbocycles. The number of furan rings is 1. The van der Waals surface area contributed by atoms with Gasteiger partial charge in [0.1, 0.15) is 17.3 Å². The number of non-ortho nitro benzene ring substituents is 1. The van der Waals surface area contributed by atoms with E-state index in [2.05, 4.69) is 24.4 Å². The summed E-state index contributed by atoms with van der Waals surface area (Å²) in [5.41, 5.74) is 4.15. The van der Waals surface area contributed by atoms with Gasteiger partial charge in [-0.2, -0.15) is 5.10 Å². The second kappa shape index (κ2) is 10.2. The second-order valence-electron chi connectivity index (χ2n) is 6.97. The maximum atomic E-state index is 11.9. The van der Waals surface area contributed by atoms with Gasteiger partial charge in [0.05, 0.1) is 11.1 Å². The first-order valence-corrected chi connectivity index (χ1v) is 9.85. The SMILES string of the molecule is CCC(C)c1ccc(OCC(=O)N/N=C\c2ccc(-c3cccc([N+](=O)[O-])c3)o2)cc1. The van der Waals surface area contributed by atoms with Crippen LogP contribution in [0.5, 0.6) is 5.75 Å². The van der Waals surface area contributed by atoms with Gasteiger partial charge in [-0.3, -0.25) is 14.9 Å². The smallest absolute Gasteiger partial charge is 0.277 e. The van der Waals surface area contributed by atoms with E-state index in [0.717, 1.165) is 6.42 Å². The molecule has 8 heteroatoms. The van der Waals surface area contributed by atoms with Gasteiger partial charge in [-0.1, -0.05) is 38.1 Å². The van der Waals surface area contributed by atoms with E-state index in [1.165, 1.54) is 23.9 Å². The van der Waals surface area contributed by atoms with E-state index in [0.29, 0.717) is 28.8 Å². The normalized spacial score (nSPS) is 11.9. The minimum Gasteiger partial charge on any atom is -0.484 e. The molecule has 1 amide bonds. The van der Waals surface area contributed by atoms with Crippen LogP contribution < -0.4 is 10.2 Å². The van der Waals surface area contributed by atoms with Crippen LogP contribution in [0.1, 0.15) is 37.5 Å². The zero-order valence-corrected chi connectivity index (χ0v) is 17.3. The molecule has 8 nitrogen and oxygen atoms in total. The van der Waals surface area contributed by atoms with Crippen LogP contribution in [-0.4, -0.2) is 23.7 Å². The number of hydrogen-bond acceptors (Lipinski definition) is 6. The van der Waals surface area contributed by atoms with Crippen molar-refractivity contribution in [3.63, 3.8) is 0 Å². The van der Waals surface area contributed by atoms with E-state index in [4.69, 9.17) is 9.15 Å². The molecule has 1 heterocycles. The van der Waals surface area contributed by atoms with Crippen LogP contribution in [0.25, 0.3) is 11.3 Å². The Morgan fingerprint density at radius 2 is 2.00 bits per heavy atom. The number of amides is 1. The third-order valence-electron chi connectivity index (χ3n) is 4.78. The summed E-state index contributed by atoms with van der Waals surface area (Å²) in [4.78, 5) is 22.3. The molecular weight excluding hydrogens is 398 g/mol. The summed E-state index contributed by atoms with van der Waals surface area (Å²) in [5, 5.41) is 14.7. The predicted octanol–water partition coefficient (Wildman–Crippen LogP) is 4.90. The number of nitrogens with zero attached hydrogens (tertiary/aromatic N) is 2. The van der Waals surface area contributed by atoms with Gasteiger partial charge in [-0.15, -0.1) is 0 Å². The predicted molar refractivity (Wildman–Crippen MR) is 117 cm³/mol. The monoisotopic (exact) mass is 421 g/mol. The molecule has 1 unspecified atom stereocenters. The fourth-order valence-corrected chi connectivity index (χ4v) is 2.83. The van der Waals surface area contributed by atoms with Crippen molar-refractivity contribution in [2.24, 2.45) is 5.10 Å². The highest BCUT2D eigenvalue weighted by Crippen LogP contribution is 2.25. The molecule has 0 spiro atoms. The molecule has 0 aliphatic rings. The number of carbonyl (C=O) groups excluding carboxylic acids is 1. The van der Waals surface area contributed by atoms with Crippen molar-refractivity contribution in [1.82, 2.24) is 5.43 Å². The van der Waals surface area contributed by atoms with Crippen LogP contribution in [0.3, 0.4) is 0 Å². The Labute approximate surface area is 179 Å². The van der Waals surface area contributed by atoms with Crippen molar-refractivity contribution < 1.29 is 18.9 Å². The molecule has 0 radical (unpaired) electrons. The van der Waals surface area contributed by atoms with E-state index in [1.54, 1.807) is 24.3 Å². The molecule has 31 heavy (non-hydrogen) atoms. The average Bonchev–Trinajstić information content (AvgIpc) is 3.26.